The number of hydrogen-bond donors (Lipinski definition) is 1. The van der Waals surface area contributed by atoms with Crippen LogP contribution in [0.15, 0.2) is 42.5 Å². The third-order valence-corrected chi connectivity index (χ3v) is 2.59. The Balaban J connectivity index is 2.26. The van der Waals surface area contributed by atoms with Crippen molar-refractivity contribution >= 4 is 5.71 Å². The van der Waals surface area contributed by atoms with Gasteiger partial charge < -0.3 is 5.41 Å². The van der Waals surface area contributed by atoms with E-state index in [1.54, 1.807) is 31.2 Å². The van der Waals surface area contributed by atoms with Gasteiger partial charge in [0, 0.05) is 17.3 Å². The zero-order valence-electron chi connectivity index (χ0n) is 10.3. The molecular formula is C16H11F2N. The molecule has 1 nitrogen and oxygen atoms in total. The van der Waals surface area contributed by atoms with Crippen molar-refractivity contribution in [3.63, 3.8) is 0 Å². The second kappa shape index (κ2) is 5.45. The molecule has 0 aliphatic carbocycles. The number of halogens is 2. The van der Waals surface area contributed by atoms with Crippen LogP contribution in [0.1, 0.15) is 23.6 Å². The molecule has 0 bridgehead atoms. The van der Waals surface area contributed by atoms with Crippen molar-refractivity contribution in [2.24, 2.45) is 0 Å². The maximum Gasteiger partial charge on any atom is 0.141 e. The Morgan fingerprint density at radius 2 is 1.68 bits per heavy atom. The second-order valence-electron chi connectivity index (χ2n) is 4.08. The molecule has 0 saturated carbocycles. The van der Waals surface area contributed by atoms with Crippen LogP contribution in [-0.4, -0.2) is 5.71 Å². The summed E-state index contributed by atoms with van der Waals surface area (Å²) in [5.74, 6) is 4.18. The van der Waals surface area contributed by atoms with E-state index < -0.39 is 11.6 Å². The van der Waals surface area contributed by atoms with Gasteiger partial charge in [-0.05, 0) is 36.8 Å². The van der Waals surface area contributed by atoms with Gasteiger partial charge in [-0.1, -0.05) is 24.0 Å². The van der Waals surface area contributed by atoms with Crippen molar-refractivity contribution in [3.05, 3.63) is 70.8 Å². The summed E-state index contributed by atoms with van der Waals surface area (Å²) in [7, 11) is 0. The highest BCUT2D eigenvalue weighted by Crippen LogP contribution is 2.09. The number of nitrogens with one attached hydrogen (secondary N) is 1. The molecule has 2 rings (SSSR count). The molecule has 0 aliphatic heterocycles. The predicted molar refractivity (Wildman–Crippen MR) is 71.3 cm³/mol. The minimum Gasteiger partial charge on any atom is -0.305 e. The van der Waals surface area contributed by atoms with E-state index in [0.717, 1.165) is 11.6 Å². The smallest absolute Gasteiger partial charge is 0.141 e. The van der Waals surface area contributed by atoms with Crippen molar-refractivity contribution in [2.75, 3.05) is 0 Å². The lowest BCUT2D eigenvalue weighted by molar-refractivity contribution is 0.581. The normalized spacial score (nSPS) is 9.63. The molecule has 0 aliphatic rings. The fourth-order valence-electron chi connectivity index (χ4n) is 1.53. The zero-order valence-corrected chi connectivity index (χ0v) is 10.3. The first-order chi connectivity index (χ1) is 9.06. The highest BCUT2D eigenvalue weighted by Gasteiger charge is 2.00. The second-order valence-corrected chi connectivity index (χ2v) is 4.08. The van der Waals surface area contributed by atoms with Crippen LogP contribution < -0.4 is 0 Å². The quantitative estimate of drug-likeness (QED) is 0.592. The summed E-state index contributed by atoms with van der Waals surface area (Å²) < 4.78 is 26.1. The molecule has 2 aromatic carbocycles. The van der Waals surface area contributed by atoms with E-state index in [1.807, 2.05) is 0 Å². The van der Waals surface area contributed by atoms with Crippen LogP contribution in [0.25, 0.3) is 0 Å². The third kappa shape index (κ3) is 3.26. The molecule has 0 saturated heterocycles. The third-order valence-electron chi connectivity index (χ3n) is 2.59. The molecule has 0 aromatic heterocycles. The average molecular weight is 255 g/mol. The van der Waals surface area contributed by atoms with Crippen molar-refractivity contribution in [2.45, 2.75) is 6.92 Å². The molecule has 0 radical (unpaired) electrons. The number of rotatable bonds is 1. The van der Waals surface area contributed by atoms with E-state index in [2.05, 4.69) is 11.8 Å². The largest absolute Gasteiger partial charge is 0.305 e. The van der Waals surface area contributed by atoms with Crippen molar-refractivity contribution in [1.82, 2.24) is 0 Å². The summed E-state index contributed by atoms with van der Waals surface area (Å²) in [5.41, 5.74) is 2.17. The lowest BCUT2D eigenvalue weighted by atomic mass is 10.1. The zero-order chi connectivity index (χ0) is 13.8. The molecule has 0 atom stereocenters. The van der Waals surface area contributed by atoms with E-state index in [1.165, 1.54) is 12.1 Å². The van der Waals surface area contributed by atoms with E-state index in [9.17, 15) is 8.78 Å². The molecule has 0 fully saturated rings. The summed E-state index contributed by atoms with van der Waals surface area (Å²) in [6.45, 7) is 1.70. The summed E-state index contributed by atoms with van der Waals surface area (Å²) in [4.78, 5) is 0. The van der Waals surface area contributed by atoms with Gasteiger partial charge in [0.05, 0.1) is 5.56 Å². The van der Waals surface area contributed by atoms with Crippen molar-refractivity contribution in [3.8, 4) is 11.8 Å². The van der Waals surface area contributed by atoms with Gasteiger partial charge in [-0.25, -0.2) is 8.78 Å². The Morgan fingerprint density at radius 1 is 1.00 bits per heavy atom. The van der Waals surface area contributed by atoms with Gasteiger partial charge >= 0.3 is 0 Å². The summed E-state index contributed by atoms with van der Waals surface area (Å²) >= 11 is 0. The van der Waals surface area contributed by atoms with Crippen LogP contribution in [0.2, 0.25) is 0 Å². The monoisotopic (exact) mass is 255 g/mol. The van der Waals surface area contributed by atoms with Gasteiger partial charge in [0.2, 0.25) is 0 Å². The molecule has 94 valence electrons. The van der Waals surface area contributed by atoms with E-state index in [4.69, 9.17) is 5.41 Å². The standard InChI is InChI=1S/C16H11F2N/c1-11(19)13-5-2-12(3-6-13)4-7-14-8-9-15(17)10-16(14)18/h2-3,5-6,8-10,19H,1H3. The Bertz CT molecular complexity index is 676. The highest BCUT2D eigenvalue weighted by atomic mass is 19.1. The molecular weight excluding hydrogens is 244 g/mol. The van der Waals surface area contributed by atoms with Crippen LogP contribution in [0, 0.1) is 28.9 Å². The molecule has 0 unspecified atom stereocenters. The Kier molecular flexibility index (Phi) is 3.72. The van der Waals surface area contributed by atoms with Gasteiger partial charge in [-0.15, -0.1) is 0 Å². The Morgan fingerprint density at radius 3 is 2.26 bits per heavy atom. The highest BCUT2D eigenvalue weighted by molar-refractivity contribution is 5.96. The fourth-order valence-corrected chi connectivity index (χ4v) is 1.53. The van der Waals surface area contributed by atoms with Crippen molar-refractivity contribution < 1.29 is 8.78 Å². The first-order valence-corrected chi connectivity index (χ1v) is 5.69. The molecule has 0 heterocycles. The molecule has 1 N–H and O–H groups in total. The van der Waals surface area contributed by atoms with Crippen molar-refractivity contribution in [1.29, 1.82) is 5.41 Å². The van der Waals surface area contributed by atoms with Gasteiger partial charge in [0.15, 0.2) is 0 Å². The van der Waals surface area contributed by atoms with Crippen LogP contribution in [0.3, 0.4) is 0 Å². The van der Waals surface area contributed by atoms with Crippen LogP contribution in [0.4, 0.5) is 8.78 Å². The molecule has 2 aromatic rings. The average Bonchev–Trinajstić information content (AvgIpc) is 2.38. The minimum atomic E-state index is -0.667. The maximum atomic E-state index is 13.4. The van der Waals surface area contributed by atoms with Gasteiger partial charge in [0.1, 0.15) is 11.6 Å². The molecule has 0 amide bonds. The lowest BCUT2D eigenvalue weighted by Crippen LogP contribution is -1.91. The summed E-state index contributed by atoms with van der Waals surface area (Å²) in [6, 6.07) is 10.4. The Labute approximate surface area is 110 Å². The van der Waals surface area contributed by atoms with Gasteiger partial charge in [-0.2, -0.15) is 0 Å². The topological polar surface area (TPSA) is 23.9 Å². The number of benzene rings is 2. The van der Waals surface area contributed by atoms with Gasteiger partial charge in [0.25, 0.3) is 0 Å². The fraction of sp³-hybridized carbons (Fsp3) is 0.0625. The van der Waals surface area contributed by atoms with E-state index in [0.29, 0.717) is 11.3 Å². The Hall–Kier alpha value is -2.47. The predicted octanol–water partition coefficient (Wildman–Crippen LogP) is 3.75. The maximum absolute atomic E-state index is 13.4. The minimum absolute atomic E-state index is 0.161. The van der Waals surface area contributed by atoms with Gasteiger partial charge in [-0.3, -0.25) is 0 Å². The molecule has 0 spiro atoms. The summed E-state index contributed by atoms with van der Waals surface area (Å²) in [6.07, 6.45) is 0. The number of hydrogen-bond acceptors (Lipinski definition) is 1. The summed E-state index contributed by atoms with van der Waals surface area (Å²) in [5, 5.41) is 7.47. The van der Waals surface area contributed by atoms with Crippen LogP contribution >= 0.6 is 0 Å². The SMILES string of the molecule is CC(=N)c1ccc(C#Cc2ccc(F)cc2F)cc1. The molecule has 3 heteroatoms. The first-order valence-electron chi connectivity index (χ1n) is 5.69. The van der Waals surface area contributed by atoms with E-state index >= 15 is 0 Å². The lowest BCUT2D eigenvalue weighted by Gasteiger charge is -1.97. The van der Waals surface area contributed by atoms with Crippen LogP contribution in [-0.2, 0) is 0 Å². The first kappa shape index (κ1) is 13.0. The van der Waals surface area contributed by atoms with E-state index in [-0.39, 0.29) is 5.56 Å². The molecule has 19 heavy (non-hydrogen) atoms. The van der Waals surface area contributed by atoms with Crippen LogP contribution in [0.5, 0.6) is 0 Å².